The Morgan fingerprint density at radius 2 is 2.23 bits per heavy atom. The van der Waals surface area contributed by atoms with Crippen molar-refractivity contribution in [1.29, 1.82) is 0 Å². The van der Waals surface area contributed by atoms with Crippen molar-refractivity contribution in [2.75, 3.05) is 11.5 Å². The average Bonchev–Trinajstić information content (AvgIpc) is 2.41. The van der Waals surface area contributed by atoms with Crippen molar-refractivity contribution in [3.63, 3.8) is 0 Å². The highest BCUT2D eigenvalue weighted by Gasteiger charge is 2.48. The van der Waals surface area contributed by atoms with Crippen molar-refractivity contribution in [3.8, 4) is 0 Å². The van der Waals surface area contributed by atoms with Crippen molar-refractivity contribution in [3.05, 3.63) is 0 Å². The molecule has 6 nitrogen and oxygen atoms in total. The number of carboxylic acids is 1. The lowest BCUT2D eigenvalue weighted by Gasteiger charge is -2.02. The molecule has 13 heavy (non-hydrogen) atoms. The van der Waals surface area contributed by atoms with Gasteiger partial charge in [0.25, 0.3) is 0 Å². The van der Waals surface area contributed by atoms with Crippen LogP contribution in [0.25, 0.3) is 0 Å². The second kappa shape index (κ2) is 2.44. The highest BCUT2D eigenvalue weighted by Crippen LogP contribution is 2.28. The third kappa shape index (κ3) is 1.28. The van der Waals surface area contributed by atoms with E-state index in [0.29, 0.717) is 0 Å². The first-order valence-electron chi connectivity index (χ1n) is 3.67. The molecule has 2 rings (SSSR count). The third-order valence-corrected chi connectivity index (χ3v) is 3.86. The summed E-state index contributed by atoms with van der Waals surface area (Å²) in [4.78, 5) is 15.3. The minimum Gasteiger partial charge on any atom is -0.477 e. The van der Waals surface area contributed by atoms with Crippen molar-refractivity contribution in [1.82, 2.24) is 0 Å². The number of rotatable bonds is 1. The predicted octanol–water partition coefficient (Wildman–Crippen LogP) is -1.13. The highest BCUT2D eigenvalue weighted by atomic mass is 32.2. The zero-order valence-electron chi connectivity index (χ0n) is 6.50. The normalized spacial score (nSPS) is 34.9. The third-order valence-electron chi connectivity index (χ3n) is 2.16. The Morgan fingerprint density at radius 3 is 2.85 bits per heavy atom. The molecule has 2 heterocycles. The number of carboxylic acid groups (broad SMARTS) is 1. The molecule has 2 atom stereocenters. The monoisotopic (exact) mass is 205 g/mol. The fourth-order valence-electron chi connectivity index (χ4n) is 1.56. The molecule has 0 unspecified atom stereocenters. The van der Waals surface area contributed by atoms with Gasteiger partial charge in [-0.25, -0.2) is 13.2 Å². The standard InChI is InChI=1S/C6H7NO5S/c8-6(9)5-3-1-13(10,11)2-4(3)12-7-5/h3-4H,1-2H2,(H,8,9)/t3-,4+/m0/s1. The first-order chi connectivity index (χ1) is 5.99. The molecular weight excluding hydrogens is 198 g/mol. The zero-order valence-corrected chi connectivity index (χ0v) is 7.32. The van der Waals surface area contributed by atoms with Gasteiger partial charge in [-0.15, -0.1) is 0 Å². The molecular formula is C6H7NO5S. The highest BCUT2D eigenvalue weighted by molar-refractivity contribution is 7.91. The van der Waals surface area contributed by atoms with Crippen LogP contribution in [0, 0.1) is 5.92 Å². The molecule has 7 heteroatoms. The molecule has 0 saturated carbocycles. The van der Waals surface area contributed by atoms with Crippen LogP contribution in [-0.2, 0) is 19.5 Å². The van der Waals surface area contributed by atoms with Crippen LogP contribution in [-0.4, -0.2) is 42.8 Å². The van der Waals surface area contributed by atoms with E-state index in [4.69, 9.17) is 9.94 Å². The Hall–Kier alpha value is -1.11. The lowest BCUT2D eigenvalue weighted by Crippen LogP contribution is -2.26. The van der Waals surface area contributed by atoms with Crippen molar-refractivity contribution in [2.24, 2.45) is 11.1 Å². The van der Waals surface area contributed by atoms with Gasteiger partial charge in [-0.1, -0.05) is 5.16 Å². The van der Waals surface area contributed by atoms with Crippen molar-refractivity contribution in [2.45, 2.75) is 6.10 Å². The quantitative estimate of drug-likeness (QED) is 0.584. The molecule has 0 amide bonds. The molecule has 0 bridgehead atoms. The van der Waals surface area contributed by atoms with E-state index in [-0.39, 0.29) is 17.2 Å². The molecule has 2 aliphatic rings. The van der Waals surface area contributed by atoms with Crippen LogP contribution in [0.1, 0.15) is 0 Å². The molecule has 1 saturated heterocycles. The van der Waals surface area contributed by atoms with Crippen LogP contribution in [0.5, 0.6) is 0 Å². The molecule has 0 aromatic carbocycles. The van der Waals surface area contributed by atoms with Gasteiger partial charge in [0.05, 0.1) is 17.4 Å². The Kier molecular flexibility index (Phi) is 1.59. The number of carbonyl (C=O) groups is 1. The summed E-state index contributed by atoms with van der Waals surface area (Å²) in [5, 5.41) is 12.0. The summed E-state index contributed by atoms with van der Waals surface area (Å²) in [6.07, 6.45) is -0.587. The molecule has 1 N–H and O–H groups in total. The Bertz CT molecular complexity index is 384. The van der Waals surface area contributed by atoms with Crippen molar-refractivity contribution >= 4 is 21.5 Å². The second-order valence-electron chi connectivity index (χ2n) is 3.11. The molecule has 0 aromatic rings. The van der Waals surface area contributed by atoms with Crippen LogP contribution in [0.4, 0.5) is 0 Å². The van der Waals surface area contributed by atoms with E-state index < -0.39 is 27.8 Å². The average molecular weight is 205 g/mol. The summed E-state index contributed by atoms with van der Waals surface area (Å²) in [5.41, 5.74) is -0.175. The first-order valence-corrected chi connectivity index (χ1v) is 5.49. The number of nitrogens with zero attached hydrogens (tertiary/aromatic N) is 1. The summed E-state index contributed by atoms with van der Waals surface area (Å²) in [6.45, 7) is 0. The number of hydrogen-bond acceptors (Lipinski definition) is 5. The van der Waals surface area contributed by atoms with Gasteiger partial charge < -0.3 is 9.94 Å². The summed E-state index contributed by atoms with van der Waals surface area (Å²) >= 11 is 0. The van der Waals surface area contributed by atoms with E-state index in [1.54, 1.807) is 0 Å². The van der Waals surface area contributed by atoms with Gasteiger partial charge in [0, 0.05) is 0 Å². The van der Waals surface area contributed by atoms with Gasteiger partial charge in [-0.2, -0.15) is 0 Å². The van der Waals surface area contributed by atoms with Gasteiger partial charge in [0.1, 0.15) is 0 Å². The van der Waals surface area contributed by atoms with Gasteiger partial charge in [0.2, 0.25) is 0 Å². The van der Waals surface area contributed by atoms with Crippen LogP contribution in [0.2, 0.25) is 0 Å². The van der Waals surface area contributed by atoms with E-state index in [1.807, 2.05) is 0 Å². The Labute approximate surface area is 74.1 Å². The summed E-state index contributed by atoms with van der Waals surface area (Å²) in [5.74, 6) is -2.08. The molecule has 72 valence electrons. The van der Waals surface area contributed by atoms with Crippen LogP contribution < -0.4 is 0 Å². The van der Waals surface area contributed by atoms with Gasteiger partial charge >= 0.3 is 5.97 Å². The van der Waals surface area contributed by atoms with Crippen LogP contribution in [0.15, 0.2) is 5.16 Å². The molecule has 0 radical (unpaired) electrons. The van der Waals surface area contributed by atoms with E-state index in [9.17, 15) is 13.2 Å². The smallest absolute Gasteiger partial charge is 0.354 e. The maximum atomic E-state index is 11.1. The SMILES string of the molecule is O=C(O)C1=NO[C@@H]2CS(=O)(=O)C[C@H]12. The lowest BCUT2D eigenvalue weighted by atomic mass is 10.0. The number of hydrogen-bond donors (Lipinski definition) is 1. The topological polar surface area (TPSA) is 93.0 Å². The van der Waals surface area contributed by atoms with E-state index in [2.05, 4.69) is 5.16 Å². The minimum atomic E-state index is -3.14. The fourth-order valence-corrected chi connectivity index (χ4v) is 3.41. The van der Waals surface area contributed by atoms with Gasteiger partial charge in [0.15, 0.2) is 21.7 Å². The first kappa shape index (κ1) is 8.49. The maximum Gasteiger partial charge on any atom is 0.354 e. The molecule has 0 spiro atoms. The summed E-state index contributed by atoms with van der Waals surface area (Å²) in [6, 6.07) is 0. The predicted molar refractivity (Wildman–Crippen MR) is 42.1 cm³/mol. The molecule has 1 fully saturated rings. The Morgan fingerprint density at radius 1 is 1.54 bits per heavy atom. The Balaban J connectivity index is 2.28. The van der Waals surface area contributed by atoms with Crippen LogP contribution in [0.3, 0.4) is 0 Å². The molecule has 0 aromatic heterocycles. The largest absolute Gasteiger partial charge is 0.477 e. The number of fused-ring (bicyclic) bond motifs is 1. The second-order valence-corrected chi connectivity index (χ2v) is 5.26. The van der Waals surface area contributed by atoms with Gasteiger partial charge in [-0.3, -0.25) is 0 Å². The maximum absolute atomic E-state index is 11.1. The summed E-state index contributed by atoms with van der Waals surface area (Å²) < 4.78 is 22.2. The van der Waals surface area contributed by atoms with E-state index >= 15 is 0 Å². The minimum absolute atomic E-state index is 0.127. The number of oxime groups is 1. The number of aliphatic carboxylic acids is 1. The fraction of sp³-hybridized carbons (Fsp3) is 0.667. The zero-order chi connectivity index (χ0) is 9.64. The molecule has 0 aliphatic carbocycles. The van der Waals surface area contributed by atoms with Crippen LogP contribution >= 0.6 is 0 Å². The summed E-state index contributed by atoms with van der Waals surface area (Å²) in [7, 11) is -3.14. The van der Waals surface area contributed by atoms with Crippen molar-refractivity contribution < 1.29 is 23.2 Å². The van der Waals surface area contributed by atoms with E-state index in [0.717, 1.165) is 0 Å². The number of sulfone groups is 1. The van der Waals surface area contributed by atoms with Gasteiger partial charge in [-0.05, 0) is 0 Å². The molecule has 2 aliphatic heterocycles. The van der Waals surface area contributed by atoms with E-state index in [1.165, 1.54) is 0 Å². The lowest BCUT2D eigenvalue weighted by molar-refractivity contribution is -0.129.